The summed E-state index contributed by atoms with van der Waals surface area (Å²) in [6.07, 6.45) is 0. The molecule has 0 amide bonds. The molecule has 0 saturated heterocycles. The Labute approximate surface area is 96.1 Å². The second-order valence-electron chi connectivity index (χ2n) is 3.37. The van der Waals surface area contributed by atoms with E-state index in [9.17, 15) is 13.4 Å². The summed E-state index contributed by atoms with van der Waals surface area (Å²) in [4.78, 5) is 11.2. The molecule has 5 heteroatoms. The van der Waals surface area contributed by atoms with Crippen LogP contribution in [0.4, 0.5) is 4.39 Å². The molecule has 0 saturated carbocycles. The molecule has 0 aliphatic rings. The lowest BCUT2D eigenvalue weighted by Gasteiger charge is -2.09. The molecule has 3 nitrogen and oxygen atoms in total. The zero-order chi connectivity index (χ0) is 12.1. The predicted molar refractivity (Wildman–Crippen MR) is 58.9 cm³/mol. The molecular weight excluding hydrogens is 231 g/mol. The highest BCUT2D eigenvalue weighted by Gasteiger charge is 2.19. The molecule has 0 aromatic heterocycles. The number of ether oxygens (including phenoxy) is 1. The van der Waals surface area contributed by atoms with Gasteiger partial charge in [-0.25, -0.2) is 4.39 Å². The number of benzene rings is 1. The first kappa shape index (κ1) is 12.8. The molecule has 0 heterocycles. The van der Waals surface area contributed by atoms with Crippen LogP contribution in [0, 0.1) is 11.7 Å². The molecule has 0 N–H and O–H groups in total. The topological polar surface area (TPSA) is 43.4 Å². The third kappa shape index (κ3) is 3.13. The molecule has 0 radical (unpaired) electrons. The fourth-order valence-electron chi connectivity index (χ4n) is 1.22. The number of carbonyl (C=O) groups excluding carboxylic acids is 1. The van der Waals surface area contributed by atoms with Crippen molar-refractivity contribution in [1.82, 2.24) is 0 Å². The largest absolute Gasteiger partial charge is 0.469 e. The maximum absolute atomic E-state index is 13.3. The predicted octanol–water partition coefficient (Wildman–Crippen LogP) is 1.74. The number of methoxy groups -OCH3 is 1. The average Bonchev–Trinajstić information content (AvgIpc) is 2.28. The molecule has 0 aliphatic heterocycles. The van der Waals surface area contributed by atoms with Crippen LogP contribution < -0.4 is 0 Å². The smallest absolute Gasteiger partial charge is 0.309 e. The van der Waals surface area contributed by atoms with Gasteiger partial charge in [0.05, 0.1) is 28.7 Å². The lowest BCUT2D eigenvalue weighted by atomic mass is 10.2. The SMILES string of the molecule is COC(=O)C(C)CS(=O)c1ccccc1F. The van der Waals surface area contributed by atoms with Crippen LogP contribution in [0.15, 0.2) is 29.2 Å². The Morgan fingerprint density at radius 3 is 2.69 bits per heavy atom. The van der Waals surface area contributed by atoms with Gasteiger partial charge in [0, 0.05) is 5.75 Å². The molecule has 1 aromatic rings. The Bertz CT molecular complexity index is 406. The monoisotopic (exact) mass is 244 g/mol. The normalized spacial score (nSPS) is 14.2. The molecule has 2 unspecified atom stereocenters. The first-order valence-corrected chi connectivity index (χ1v) is 6.09. The highest BCUT2D eigenvalue weighted by Crippen LogP contribution is 2.14. The minimum atomic E-state index is -1.52. The number of rotatable bonds is 4. The Morgan fingerprint density at radius 2 is 2.12 bits per heavy atom. The van der Waals surface area contributed by atoms with Crippen LogP contribution in [0.1, 0.15) is 6.92 Å². The summed E-state index contributed by atoms with van der Waals surface area (Å²) in [5, 5.41) is 0. The number of carbonyl (C=O) groups is 1. The highest BCUT2D eigenvalue weighted by molar-refractivity contribution is 7.85. The van der Waals surface area contributed by atoms with Gasteiger partial charge in [-0.3, -0.25) is 9.00 Å². The van der Waals surface area contributed by atoms with Gasteiger partial charge in [0.15, 0.2) is 0 Å². The first-order chi connectivity index (χ1) is 7.56. The second-order valence-corrected chi connectivity index (χ2v) is 4.83. The van der Waals surface area contributed by atoms with Crippen molar-refractivity contribution < 1.29 is 18.1 Å². The molecule has 0 bridgehead atoms. The Morgan fingerprint density at radius 1 is 1.50 bits per heavy atom. The fourth-order valence-corrected chi connectivity index (χ4v) is 2.50. The summed E-state index contributed by atoms with van der Waals surface area (Å²) in [5.41, 5.74) is 0. The zero-order valence-corrected chi connectivity index (χ0v) is 9.92. The van der Waals surface area contributed by atoms with Gasteiger partial charge in [-0.05, 0) is 12.1 Å². The van der Waals surface area contributed by atoms with E-state index in [4.69, 9.17) is 0 Å². The molecule has 0 aliphatic carbocycles. The minimum Gasteiger partial charge on any atom is -0.469 e. The minimum absolute atomic E-state index is 0.0631. The van der Waals surface area contributed by atoms with Crippen molar-refractivity contribution in [3.05, 3.63) is 30.1 Å². The fraction of sp³-hybridized carbons (Fsp3) is 0.364. The third-order valence-corrected chi connectivity index (χ3v) is 3.71. The second kappa shape index (κ2) is 5.75. The van der Waals surface area contributed by atoms with Gasteiger partial charge >= 0.3 is 5.97 Å². The number of hydrogen-bond acceptors (Lipinski definition) is 3. The zero-order valence-electron chi connectivity index (χ0n) is 9.10. The van der Waals surface area contributed by atoms with Crippen LogP contribution in [-0.2, 0) is 20.3 Å². The summed E-state index contributed by atoms with van der Waals surface area (Å²) in [6.45, 7) is 1.60. The lowest BCUT2D eigenvalue weighted by molar-refractivity contribution is -0.144. The van der Waals surface area contributed by atoms with Crippen molar-refractivity contribution >= 4 is 16.8 Å². The molecule has 16 heavy (non-hydrogen) atoms. The first-order valence-electron chi connectivity index (χ1n) is 4.77. The van der Waals surface area contributed by atoms with Gasteiger partial charge in [-0.2, -0.15) is 0 Å². The molecule has 88 valence electrons. The standard InChI is InChI=1S/C11H13FO3S/c1-8(11(13)15-2)7-16(14)10-6-4-3-5-9(10)12/h3-6,8H,7H2,1-2H3. The quantitative estimate of drug-likeness (QED) is 0.758. The van der Waals surface area contributed by atoms with Crippen LogP contribution in [0.25, 0.3) is 0 Å². The van der Waals surface area contributed by atoms with Crippen molar-refractivity contribution in [2.45, 2.75) is 11.8 Å². The van der Waals surface area contributed by atoms with Gasteiger partial charge < -0.3 is 4.74 Å². The van der Waals surface area contributed by atoms with Crippen molar-refractivity contribution in [3.63, 3.8) is 0 Å². The van der Waals surface area contributed by atoms with Crippen LogP contribution in [0.3, 0.4) is 0 Å². The number of halogens is 1. The molecular formula is C11H13FO3S. The summed E-state index contributed by atoms with van der Waals surface area (Å²) in [6, 6.07) is 5.84. The van der Waals surface area contributed by atoms with Gasteiger partial charge in [-0.1, -0.05) is 19.1 Å². The van der Waals surface area contributed by atoms with Crippen molar-refractivity contribution in [3.8, 4) is 0 Å². The van der Waals surface area contributed by atoms with Gasteiger partial charge in [0.2, 0.25) is 0 Å². The van der Waals surface area contributed by atoms with E-state index in [1.165, 1.54) is 25.3 Å². The molecule has 1 rings (SSSR count). The van der Waals surface area contributed by atoms with Gasteiger partial charge in [0.25, 0.3) is 0 Å². The van der Waals surface area contributed by atoms with Gasteiger partial charge in [0.1, 0.15) is 5.82 Å². The maximum atomic E-state index is 13.3. The summed E-state index contributed by atoms with van der Waals surface area (Å²) in [7, 11) is -0.254. The third-order valence-electron chi connectivity index (χ3n) is 2.09. The Hall–Kier alpha value is -1.23. The Balaban J connectivity index is 2.73. The van der Waals surface area contributed by atoms with Crippen molar-refractivity contribution in [2.75, 3.05) is 12.9 Å². The number of esters is 1. The number of hydrogen-bond donors (Lipinski definition) is 0. The summed E-state index contributed by atoms with van der Waals surface area (Å²) < 4.78 is 29.5. The summed E-state index contributed by atoms with van der Waals surface area (Å²) in [5.74, 6) is -1.40. The van der Waals surface area contributed by atoms with Crippen LogP contribution in [0.5, 0.6) is 0 Å². The van der Waals surface area contributed by atoms with E-state index >= 15 is 0 Å². The van der Waals surface area contributed by atoms with Crippen molar-refractivity contribution in [1.29, 1.82) is 0 Å². The van der Waals surface area contributed by atoms with Crippen LogP contribution in [-0.4, -0.2) is 23.0 Å². The van der Waals surface area contributed by atoms with E-state index in [0.717, 1.165) is 0 Å². The van der Waals surface area contributed by atoms with E-state index < -0.39 is 28.5 Å². The van der Waals surface area contributed by atoms with E-state index in [1.807, 2.05) is 0 Å². The van der Waals surface area contributed by atoms with Crippen LogP contribution >= 0.6 is 0 Å². The van der Waals surface area contributed by atoms with Gasteiger partial charge in [-0.15, -0.1) is 0 Å². The summed E-state index contributed by atoms with van der Waals surface area (Å²) >= 11 is 0. The van der Waals surface area contributed by atoms with E-state index in [1.54, 1.807) is 13.0 Å². The highest BCUT2D eigenvalue weighted by atomic mass is 32.2. The van der Waals surface area contributed by atoms with E-state index in [-0.39, 0.29) is 10.6 Å². The average molecular weight is 244 g/mol. The van der Waals surface area contributed by atoms with E-state index in [2.05, 4.69) is 4.74 Å². The molecule has 0 spiro atoms. The van der Waals surface area contributed by atoms with Crippen molar-refractivity contribution in [2.24, 2.45) is 5.92 Å². The maximum Gasteiger partial charge on any atom is 0.309 e. The van der Waals surface area contributed by atoms with E-state index in [0.29, 0.717) is 0 Å². The lowest BCUT2D eigenvalue weighted by Crippen LogP contribution is -2.19. The molecule has 1 aromatic carbocycles. The molecule has 2 atom stereocenters. The molecule has 0 fully saturated rings. The van der Waals surface area contributed by atoms with Crippen LogP contribution in [0.2, 0.25) is 0 Å². The Kier molecular flexibility index (Phi) is 4.61.